The van der Waals surface area contributed by atoms with Gasteiger partial charge in [-0.25, -0.2) is 4.98 Å². The summed E-state index contributed by atoms with van der Waals surface area (Å²) in [4.78, 5) is 25.6. The minimum absolute atomic E-state index is 0.256. The molecule has 0 saturated carbocycles. The second kappa shape index (κ2) is 7.49. The van der Waals surface area contributed by atoms with Crippen LogP contribution in [0.5, 0.6) is 0 Å². The fraction of sp³-hybridized carbons (Fsp3) is 0.375. The Morgan fingerprint density at radius 2 is 1.90 bits per heavy atom. The second-order valence-electron chi connectivity index (χ2n) is 8.45. The zero-order chi connectivity index (χ0) is 20.6. The van der Waals surface area contributed by atoms with E-state index in [4.69, 9.17) is 5.26 Å². The number of aromatic nitrogens is 2. The highest BCUT2D eigenvalue weighted by Crippen LogP contribution is 2.42. The maximum absolute atomic E-state index is 13.5. The van der Waals surface area contributed by atoms with E-state index in [1.54, 1.807) is 6.07 Å². The zero-order valence-corrected chi connectivity index (χ0v) is 17.0. The van der Waals surface area contributed by atoms with Crippen molar-refractivity contribution in [2.75, 3.05) is 24.5 Å². The molecule has 30 heavy (non-hydrogen) atoms. The predicted octanol–water partition coefficient (Wildman–Crippen LogP) is 3.84. The Hall–Kier alpha value is -3.33. The first-order chi connectivity index (χ1) is 14.7. The number of aromatic amines is 1. The van der Waals surface area contributed by atoms with E-state index in [-0.39, 0.29) is 5.41 Å². The second-order valence-corrected chi connectivity index (χ2v) is 8.45. The van der Waals surface area contributed by atoms with Gasteiger partial charge in [0.15, 0.2) is 0 Å². The van der Waals surface area contributed by atoms with Gasteiger partial charge in [-0.2, -0.15) is 5.26 Å². The van der Waals surface area contributed by atoms with E-state index in [1.165, 1.54) is 10.9 Å². The van der Waals surface area contributed by atoms with Gasteiger partial charge in [0.2, 0.25) is 5.91 Å². The molecular weight excluding hydrogens is 374 g/mol. The molecule has 3 aromatic rings. The lowest BCUT2D eigenvalue weighted by atomic mass is 9.71. The van der Waals surface area contributed by atoms with Crippen molar-refractivity contribution >= 4 is 22.6 Å². The average molecular weight is 399 g/mol. The van der Waals surface area contributed by atoms with Crippen molar-refractivity contribution < 1.29 is 4.79 Å². The normalized spacial score (nSPS) is 18.7. The third-order valence-corrected chi connectivity index (χ3v) is 6.75. The van der Waals surface area contributed by atoms with Gasteiger partial charge >= 0.3 is 0 Å². The van der Waals surface area contributed by atoms with Crippen LogP contribution in [0.1, 0.15) is 36.9 Å². The van der Waals surface area contributed by atoms with Crippen molar-refractivity contribution in [3.05, 3.63) is 59.9 Å². The third kappa shape index (κ3) is 3.21. The molecule has 1 spiro atoms. The maximum Gasteiger partial charge on any atom is 0.229 e. The van der Waals surface area contributed by atoms with Gasteiger partial charge in [-0.15, -0.1) is 0 Å². The van der Waals surface area contributed by atoms with Gasteiger partial charge < -0.3 is 14.8 Å². The summed E-state index contributed by atoms with van der Waals surface area (Å²) in [6.07, 6.45) is 5.74. The van der Waals surface area contributed by atoms with Crippen molar-refractivity contribution in [1.29, 1.82) is 5.26 Å². The number of fused-ring (bicyclic) bond motifs is 1. The molecule has 6 heteroatoms. The Kier molecular flexibility index (Phi) is 4.66. The number of hydrogen-bond donors (Lipinski definition) is 1. The van der Waals surface area contributed by atoms with Gasteiger partial charge in [-0.05, 0) is 49.4 Å². The molecule has 6 nitrogen and oxygen atoms in total. The number of H-pyrrole nitrogens is 1. The number of likely N-dealkylation sites (tertiary alicyclic amines) is 1. The number of nitrogens with zero attached hydrogens (tertiary/aromatic N) is 4. The molecule has 1 amide bonds. The Morgan fingerprint density at radius 1 is 1.07 bits per heavy atom. The third-order valence-electron chi connectivity index (χ3n) is 6.75. The SMILES string of the molecule is N#Cc1cccc(N2CCC3(CCCN(Cc4c[nH]c5ccccc45)C3=O)CC2)n1. The van der Waals surface area contributed by atoms with Crippen molar-refractivity contribution in [2.24, 2.45) is 5.41 Å². The van der Waals surface area contributed by atoms with Crippen LogP contribution in [0, 0.1) is 16.7 Å². The number of amides is 1. The Morgan fingerprint density at radius 3 is 2.73 bits per heavy atom. The summed E-state index contributed by atoms with van der Waals surface area (Å²) in [5.74, 6) is 1.14. The number of anilines is 1. The summed E-state index contributed by atoms with van der Waals surface area (Å²) < 4.78 is 0. The molecule has 1 N–H and O–H groups in total. The number of nitrogens with one attached hydrogen (secondary N) is 1. The largest absolute Gasteiger partial charge is 0.361 e. The van der Waals surface area contributed by atoms with Crippen LogP contribution in [-0.4, -0.2) is 40.4 Å². The van der Waals surface area contributed by atoms with Crippen LogP contribution in [0.15, 0.2) is 48.7 Å². The van der Waals surface area contributed by atoms with Crippen LogP contribution in [0.4, 0.5) is 5.82 Å². The first kappa shape index (κ1) is 18.7. The summed E-state index contributed by atoms with van der Waals surface area (Å²) in [5, 5.41) is 10.3. The van der Waals surface area contributed by atoms with E-state index in [1.807, 2.05) is 30.5 Å². The monoisotopic (exact) mass is 399 g/mol. The summed E-state index contributed by atoms with van der Waals surface area (Å²) in [7, 11) is 0. The number of pyridine rings is 1. The summed E-state index contributed by atoms with van der Waals surface area (Å²) in [6, 6.07) is 15.9. The minimum atomic E-state index is -0.256. The number of para-hydroxylation sites is 1. The van der Waals surface area contributed by atoms with Crippen LogP contribution >= 0.6 is 0 Å². The van der Waals surface area contributed by atoms with Crippen molar-refractivity contribution in [1.82, 2.24) is 14.9 Å². The van der Waals surface area contributed by atoms with E-state index in [2.05, 4.69) is 38.0 Å². The highest BCUT2D eigenvalue weighted by Gasteiger charge is 2.45. The first-order valence-electron chi connectivity index (χ1n) is 10.7. The lowest BCUT2D eigenvalue weighted by molar-refractivity contribution is -0.148. The molecule has 2 aliphatic rings. The predicted molar refractivity (Wildman–Crippen MR) is 116 cm³/mol. The number of nitriles is 1. The Bertz CT molecular complexity index is 1120. The number of hydrogen-bond acceptors (Lipinski definition) is 4. The van der Waals surface area contributed by atoms with Gasteiger partial charge in [0.1, 0.15) is 17.6 Å². The van der Waals surface area contributed by atoms with E-state index in [0.717, 1.165) is 56.7 Å². The highest BCUT2D eigenvalue weighted by atomic mass is 16.2. The van der Waals surface area contributed by atoms with Gasteiger partial charge in [-0.3, -0.25) is 4.79 Å². The van der Waals surface area contributed by atoms with Crippen LogP contribution in [0.2, 0.25) is 0 Å². The van der Waals surface area contributed by atoms with E-state index in [0.29, 0.717) is 18.1 Å². The molecular formula is C24H25N5O. The van der Waals surface area contributed by atoms with Crippen LogP contribution in [-0.2, 0) is 11.3 Å². The number of rotatable bonds is 3. The topological polar surface area (TPSA) is 76.0 Å². The van der Waals surface area contributed by atoms with Crippen LogP contribution in [0.3, 0.4) is 0 Å². The van der Waals surface area contributed by atoms with E-state index < -0.39 is 0 Å². The summed E-state index contributed by atoms with van der Waals surface area (Å²) in [6.45, 7) is 3.10. The van der Waals surface area contributed by atoms with Crippen molar-refractivity contribution in [3.8, 4) is 6.07 Å². The van der Waals surface area contributed by atoms with Crippen LogP contribution < -0.4 is 4.90 Å². The molecule has 2 fully saturated rings. The standard InChI is InChI=1S/C24H25N5O/c25-15-19-5-3-8-22(27-19)28-13-10-24(11-14-28)9-4-12-29(23(24)30)17-18-16-26-21-7-2-1-6-20(18)21/h1-3,5-8,16,26H,4,9-14,17H2. The summed E-state index contributed by atoms with van der Waals surface area (Å²) >= 11 is 0. The summed E-state index contributed by atoms with van der Waals surface area (Å²) in [5.41, 5.74) is 2.48. The molecule has 2 saturated heterocycles. The van der Waals surface area contributed by atoms with E-state index in [9.17, 15) is 4.79 Å². The maximum atomic E-state index is 13.5. The lowest BCUT2D eigenvalue weighted by Crippen LogP contribution is -2.53. The molecule has 2 aromatic heterocycles. The highest BCUT2D eigenvalue weighted by molar-refractivity contribution is 5.86. The molecule has 0 aliphatic carbocycles. The quantitative estimate of drug-likeness (QED) is 0.726. The van der Waals surface area contributed by atoms with Gasteiger partial charge in [0.25, 0.3) is 0 Å². The van der Waals surface area contributed by atoms with Crippen LogP contribution in [0.25, 0.3) is 10.9 Å². The molecule has 4 heterocycles. The molecule has 0 radical (unpaired) electrons. The number of carbonyl (C=O) groups is 1. The van der Waals surface area contributed by atoms with Crippen molar-refractivity contribution in [3.63, 3.8) is 0 Å². The zero-order valence-electron chi connectivity index (χ0n) is 17.0. The fourth-order valence-corrected chi connectivity index (χ4v) is 5.06. The molecule has 0 unspecified atom stereocenters. The smallest absolute Gasteiger partial charge is 0.229 e. The van der Waals surface area contributed by atoms with Gasteiger partial charge in [0, 0.05) is 43.3 Å². The van der Waals surface area contributed by atoms with E-state index >= 15 is 0 Å². The number of carbonyl (C=O) groups excluding carboxylic acids is 1. The lowest BCUT2D eigenvalue weighted by Gasteiger charge is -2.46. The fourth-order valence-electron chi connectivity index (χ4n) is 5.06. The minimum Gasteiger partial charge on any atom is -0.361 e. The molecule has 0 bridgehead atoms. The number of piperidine rings is 2. The van der Waals surface area contributed by atoms with Gasteiger partial charge in [0.05, 0.1) is 5.41 Å². The van der Waals surface area contributed by atoms with Crippen molar-refractivity contribution in [2.45, 2.75) is 32.2 Å². The van der Waals surface area contributed by atoms with Gasteiger partial charge in [-0.1, -0.05) is 24.3 Å². The number of benzene rings is 1. The Balaban J connectivity index is 1.31. The average Bonchev–Trinajstić information content (AvgIpc) is 3.20. The molecule has 5 rings (SSSR count). The first-order valence-corrected chi connectivity index (χ1v) is 10.7. The molecule has 2 aliphatic heterocycles. The molecule has 152 valence electrons. The molecule has 0 atom stereocenters. The molecule has 1 aromatic carbocycles. The Labute approximate surface area is 176 Å².